The van der Waals surface area contributed by atoms with Crippen LogP contribution in [0.5, 0.6) is 28.7 Å². The fraction of sp³-hybridized carbons (Fsp3) is 0.400. The molecule has 2 N–H and O–H groups in total. The number of anilines is 1. The van der Waals surface area contributed by atoms with Crippen LogP contribution in [0.4, 0.5) is 5.69 Å². The number of nitrogens with zero attached hydrogens (tertiary/aromatic N) is 1. The molecule has 0 saturated carbocycles. The van der Waals surface area contributed by atoms with Gasteiger partial charge in [-0.05, 0) is 31.3 Å². The van der Waals surface area contributed by atoms with Crippen LogP contribution >= 0.6 is 0 Å². The van der Waals surface area contributed by atoms with E-state index in [2.05, 4.69) is 29.0 Å². The zero-order chi connectivity index (χ0) is 24.7. The standard InChI is InChI=1S/C25H33N3O6/c1-7-28(8-2)11-12-34-21-13-16(9-10-19(21)30-3)26-25(29)18-14-17-20(31-4)15-22(32-5)24(33-6)23(17)27-18/h9-10,13-15,27H,7-8,11-12H2,1-6H3,(H,26,29). The lowest BCUT2D eigenvalue weighted by molar-refractivity contribution is 0.102. The Morgan fingerprint density at radius 3 is 2.21 bits per heavy atom. The van der Waals surface area contributed by atoms with Crippen LogP contribution in [0.1, 0.15) is 24.3 Å². The van der Waals surface area contributed by atoms with Gasteiger partial charge in [0.25, 0.3) is 5.91 Å². The maximum absolute atomic E-state index is 13.1. The predicted octanol–water partition coefficient (Wildman–Crippen LogP) is 4.18. The minimum atomic E-state index is -0.321. The number of hydrogen-bond donors (Lipinski definition) is 2. The summed E-state index contributed by atoms with van der Waals surface area (Å²) in [7, 11) is 6.24. The highest BCUT2D eigenvalue weighted by Gasteiger charge is 2.20. The predicted molar refractivity (Wildman–Crippen MR) is 132 cm³/mol. The van der Waals surface area contributed by atoms with Gasteiger partial charge in [0.05, 0.1) is 34.0 Å². The van der Waals surface area contributed by atoms with Crippen LogP contribution in [0.2, 0.25) is 0 Å². The third kappa shape index (κ3) is 5.31. The zero-order valence-corrected chi connectivity index (χ0v) is 20.6. The molecule has 1 amide bonds. The van der Waals surface area contributed by atoms with Crippen molar-refractivity contribution < 1.29 is 28.5 Å². The highest BCUT2D eigenvalue weighted by Crippen LogP contribution is 2.41. The van der Waals surface area contributed by atoms with Gasteiger partial charge >= 0.3 is 0 Å². The van der Waals surface area contributed by atoms with Crippen LogP contribution in [-0.4, -0.2) is 70.5 Å². The number of hydrogen-bond acceptors (Lipinski definition) is 7. The number of aromatic amines is 1. The molecule has 0 aliphatic carbocycles. The van der Waals surface area contributed by atoms with Gasteiger partial charge < -0.3 is 38.9 Å². The summed E-state index contributed by atoms with van der Waals surface area (Å²) in [5.74, 6) is 2.41. The van der Waals surface area contributed by atoms with Crippen LogP contribution in [-0.2, 0) is 0 Å². The number of ether oxygens (including phenoxy) is 5. The molecule has 9 heteroatoms. The summed E-state index contributed by atoms with van der Waals surface area (Å²) in [6.45, 7) is 7.46. The van der Waals surface area contributed by atoms with E-state index >= 15 is 0 Å². The Labute approximate surface area is 199 Å². The fourth-order valence-electron chi connectivity index (χ4n) is 3.75. The molecule has 0 fully saturated rings. The summed E-state index contributed by atoms with van der Waals surface area (Å²) in [6.07, 6.45) is 0. The molecule has 0 spiro atoms. The van der Waals surface area contributed by atoms with E-state index in [1.54, 1.807) is 58.8 Å². The molecule has 0 aliphatic heterocycles. The van der Waals surface area contributed by atoms with Crippen molar-refractivity contribution >= 4 is 22.5 Å². The smallest absolute Gasteiger partial charge is 0.272 e. The van der Waals surface area contributed by atoms with Gasteiger partial charge in [-0.2, -0.15) is 0 Å². The largest absolute Gasteiger partial charge is 0.496 e. The van der Waals surface area contributed by atoms with E-state index in [1.807, 2.05) is 0 Å². The average Bonchev–Trinajstić information content (AvgIpc) is 3.31. The SMILES string of the molecule is CCN(CC)CCOc1cc(NC(=O)c2cc3c(OC)cc(OC)c(OC)c3[nH]2)ccc1OC. The maximum atomic E-state index is 13.1. The van der Waals surface area contributed by atoms with Crippen LogP contribution in [0.15, 0.2) is 30.3 Å². The van der Waals surface area contributed by atoms with Crippen molar-refractivity contribution in [2.45, 2.75) is 13.8 Å². The number of fused-ring (bicyclic) bond motifs is 1. The molecule has 0 unspecified atom stereocenters. The molecular weight excluding hydrogens is 438 g/mol. The number of methoxy groups -OCH3 is 4. The molecule has 9 nitrogen and oxygen atoms in total. The highest BCUT2D eigenvalue weighted by molar-refractivity contribution is 6.08. The first-order valence-electron chi connectivity index (χ1n) is 11.2. The molecule has 0 radical (unpaired) electrons. The molecular formula is C25H33N3O6. The summed E-state index contributed by atoms with van der Waals surface area (Å²) in [5, 5.41) is 3.62. The number of amides is 1. The first-order chi connectivity index (χ1) is 16.5. The van der Waals surface area contributed by atoms with Crippen molar-refractivity contribution in [3.8, 4) is 28.7 Å². The second kappa shape index (κ2) is 11.5. The number of rotatable bonds is 12. The first-order valence-corrected chi connectivity index (χ1v) is 11.2. The molecule has 2 aromatic carbocycles. The molecule has 3 aromatic rings. The number of H-pyrrole nitrogens is 1. The van der Waals surface area contributed by atoms with E-state index in [0.29, 0.717) is 57.6 Å². The summed E-state index contributed by atoms with van der Waals surface area (Å²) < 4.78 is 27.7. The van der Waals surface area contributed by atoms with Gasteiger partial charge in [0.1, 0.15) is 18.1 Å². The Bertz CT molecular complexity index is 1120. The molecule has 34 heavy (non-hydrogen) atoms. The highest BCUT2D eigenvalue weighted by atomic mass is 16.5. The number of likely N-dealkylation sites (N-methyl/N-ethyl adjacent to an activating group) is 1. The van der Waals surface area contributed by atoms with E-state index in [4.69, 9.17) is 23.7 Å². The molecule has 0 saturated heterocycles. The summed E-state index contributed by atoms with van der Waals surface area (Å²) in [5.41, 5.74) is 1.54. The third-order valence-corrected chi connectivity index (χ3v) is 5.67. The van der Waals surface area contributed by atoms with Crippen LogP contribution in [0.3, 0.4) is 0 Å². The van der Waals surface area contributed by atoms with Crippen LogP contribution in [0, 0.1) is 0 Å². The molecule has 0 bridgehead atoms. The van der Waals surface area contributed by atoms with Crippen molar-refractivity contribution in [3.05, 3.63) is 36.0 Å². The minimum absolute atomic E-state index is 0.321. The van der Waals surface area contributed by atoms with Crippen molar-refractivity contribution in [1.82, 2.24) is 9.88 Å². The molecule has 0 aliphatic rings. The summed E-state index contributed by atoms with van der Waals surface area (Å²) in [4.78, 5) is 18.4. The van der Waals surface area contributed by atoms with Crippen molar-refractivity contribution in [1.29, 1.82) is 0 Å². The zero-order valence-electron chi connectivity index (χ0n) is 20.6. The average molecular weight is 472 g/mol. The van der Waals surface area contributed by atoms with E-state index in [1.165, 1.54) is 0 Å². The Morgan fingerprint density at radius 1 is 0.882 bits per heavy atom. The molecule has 1 heterocycles. The molecule has 184 valence electrons. The quantitative estimate of drug-likeness (QED) is 0.409. The maximum Gasteiger partial charge on any atom is 0.272 e. The molecule has 3 rings (SSSR count). The Balaban J connectivity index is 1.83. The van der Waals surface area contributed by atoms with Gasteiger partial charge in [-0.3, -0.25) is 4.79 Å². The monoisotopic (exact) mass is 471 g/mol. The van der Waals surface area contributed by atoms with Crippen molar-refractivity contribution in [2.75, 3.05) is 60.0 Å². The second-order valence-electron chi connectivity index (χ2n) is 7.48. The van der Waals surface area contributed by atoms with Gasteiger partial charge in [0.15, 0.2) is 23.0 Å². The van der Waals surface area contributed by atoms with Gasteiger partial charge in [-0.1, -0.05) is 13.8 Å². The summed E-state index contributed by atoms with van der Waals surface area (Å²) in [6, 6.07) is 8.73. The summed E-state index contributed by atoms with van der Waals surface area (Å²) >= 11 is 0. The lowest BCUT2D eigenvalue weighted by Crippen LogP contribution is -2.28. The normalized spacial score (nSPS) is 10.9. The number of benzene rings is 2. The van der Waals surface area contributed by atoms with Crippen LogP contribution < -0.4 is 29.0 Å². The number of carbonyl (C=O) groups is 1. The minimum Gasteiger partial charge on any atom is -0.496 e. The van der Waals surface area contributed by atoms with E-state index in [0.717, 1.165) is 19.6 Å². The topological polar surface area (TPSA) is 94.3 Å². The fourth-order valence-corrected chi connectivity index (χ4v) is 3.75. The van der Waals surface area contributed by atoms with Gasteiger partial charge in [0, 0.05) is 29.8 Å². The Hall–Kier alpha value is -3.59. The number of nitrogens with one attached hydrogen (secondary N) is 2. The Morgan fingerprint density at radius 2 is 1.59 bits per heavy atom. The van der Waals surface area contributed by atoms with Crippen LogP contribution in [0.25, 0.3) is 10.9 Å². The van der Waals surface area contributed by atoms with E-state index in [9.17, 15) is 4.79 Å². The van der Waals surface area contributed by atoms with E-state index in [-0.39, 0.29) is 5.91 Å². The van der Waals surface area contributed by atoms with Crippen molar-refractivity contribution in [3.63, 3.8) is 0 Å². The van der Waals surface area contributed by atoms with Gasteiger partial charge in [-0.15, -0.1) is 0 Å². The Kier molecular flexibility index (Phi) is 8.48. The second-order valence-corrected chi connectivity index (χ2v) is 7.48. The van der Waals surface area contributed by atoms with Gasteiger partial charge in [-0.25, -0.2) is 0 Å². The number of carbonyl (C=O) groups excluding carboxylic acids is 1. The molecule has 0 atom stereocenters. The molecule has 1 aromatic heterocycles. The third-order valence-electron chi connectivity index (χ3n) is 5.67. The van der Waals surface area contributed by atoms with Gasteiger partial charge in [0.2, 0.25) is 0 Å². The van der Waals surface area contributed by atoms with Crippen molar-refractivity contribution in [2.24, 2.45) is 0 Å². The first kappa shape index (κ1) is 25.0. The lowest BCUT2D eigenvalue weighted by atomic mass is 10.2. The van der Waals surface area contributed by atoms with E-state index < -0.39 is 0 Å². The number of aromatic nitrogens is 1. The lowest BCUT2D eigenvalue weighted by Gasteiger charge is -2.19.